The van der Waals surface area contributed by atoms with Crippen LogP contribution in [-0.2, 0) is 0 Å². The molecule has 1 aromatic rings. The van der Waals surface area contributed by atoms with Crippen molar-refractivity contribution in [2.24, 2.45) is 5.73 Å². The molecule has 3 nitrogen and oxygen atoms in total. The van der Waals surface area contributed by atoms with Crippen molar-refractivity contribution >= 4 is 23.1 Å². The number of benzene rings is 1. The van der Waals surface area contributed by atoms with Gasteiger partial charge in [0.05, 0.1) is 11.0 Å². The molecule has 1 atom stereocenters. The number of amides is 1. The summed E-state index contributed by atoms with van der Waals surface area (Å²) in [6, 6.07) is 3.64. The van der Waals surface area contributed by atoms with Crippen LogP contribution in [0, 0.1) is 12.7 Å². The molecule has 1 amide bonds. The van der Waals surface area contributed by atoms with Crippen LogP contribution in [0.5, 0.6) is 0 Å². The fourth-order valence-corrected chi connectivity index (χ4v) is 1.24. The van der Waals surface area contributed by atoms with Gasteiger partial charge in [-0.1, -0.05) is 18.3 Å². The zero-order valence-corrected chi connectivity index (χ0v) is 9.90. The Balaban J connectivity index is 2.88. The Bertz CT molecular complexity index is 434. The molecule has 1 aromatic carbocycles. The second-order valence-electron chi connectivity index (χ2n) is 3.56. The van der Waals surface area contributed by atoms with Gasteiger partial charge in [-0.3, -0.25) is 4.79 Å². The number of thiocarbonyl (C=S) groups is 1. The highest BCUT2D eigenvalue weighted by atomic mass is 32.1. The van der Waals surface area contributed by atoms with Crippen molar-refractivity contribution in [3.05, 3.63) is 35.1 Å². The molecule has 0 heterocycles. The van der Waals surface area contributed by atoms with E-state index in [1.807, 2.05) is 0 Å². The third-order valence-electron chi connectivity index (χ3n) is 2.22. The zero-order valence-electron chi connectivity index (χ0n) is 9.08. The molecule has 0 bridgehead atoms. The molecule has 3 N–H and O–H groups in total. The average molecular weight is 240 g/mol. The summed E-state index contributed by atoms with van der Waals surface area (Å²) in [5, 5.41) is 2.59. The lowest BCUT2D eigenvalue weighted by atomic mass is 10.1. The maximum atomic E-state index is 13.0. The largest absolute Gasteiger partial charge is 0.392 e. The first-order valence-corrected chi connectivity index (χ1v) is 5.19. The van der Waals surface area contributed by atoms with E-state index in [0.717, 1.165) is 0 Å². The molecule has 0 aliphatic heterocycles. The van der Waals surface area contributed by atoms with Crippen LogP contribution < -0.4 is 11.1 Å². The lowest BCUT2D eigenvalue weighted by Gasteiger charge is -2.13. The highest BCUT2D eigenvalue weighted by molar-refractivity contribution is 7.80. The zero-order chi connectivity index (χ0) is 12.3. The monoisotopic (exact) mass is 240 g/mol. The maximum absolute atomic E-state index is 13.0. The molecule has 0 aliphatic carbocycles. The van der Waals surface area contributed by atoms with E-state index in [1.165, 1.54) is 12.1 Å². The number of hydrogen-bond acceptors (Lipinski definition) is 2. The molecule has 1 rings (SSSR count). The highest BCUT2D eigenvalue weighted by Gasteiger charge is 2.13. The molecule has 0 spiro atoms. The standard InChI is InChI=1S/C11H13FN2OS/c1-6-3-4-8(12)5-9(6)11(15)14-7(2)10(13)16/h3-5,7H,1-2H3,(H2,13,16)(H,14,15). The van der Waals surface area contributed by atoms with Crippen LogP contribution in [0.15, 0.2) is 18.2 Å². The van der Waals surface area contributed by atoms with E-state index in [0.29, 0.717) is 11.1 Å². The first kappa shape index (κ1) is 12.6. The van der Waals surface area contributed by atoms with Crippen molar-refractivity contribution in [3.63, 3.8) is 0 Å². The first-order valence-electron chi connectivity index (χ1n) is 4.78. The Morgan fingerprint density at radius 2 is 2.19 bits per heavy atom. The number of nitrogens with two attached hydrogens (primary N) is 1. The first-order chi connectivity index (χ1) is 7.41. The molecule has 86 valence electrons. The van der Waals surface area contributed by atoms with Gasteiger partial charge in [-0.15, -0.1) is 0 Å². The number of carbonyl (C=O) groups is 1. The normalized spacial score (nSPS) is 11.9. The molecule has 0 aliphatic rings. The third kappa shape index (κ3) is 3.00. The van der Waals surface area contributed by atoms with Gasteiger partial charge in [0.1, 0.15) is 5.82 Å². The Morgan fingerprint density at radius 3 is 2.75 bits per heavy atom. The minimum absolute atomic E-state index is 0.197. The maximum Gasteiger partial charge on any atom is 0.252 e. The van der Waals surface area contributed by atoms with Crippen LogP contribution >= 0.6 is 12.2 Å². The summed E-state index contributed by atoms with van der Waals surface area (Å²) in [6.45, 7) is 3.41. The summed E-state index contributed by atoms with van der Waals surface area (Å²) in [7, 11) is 0. The minimum Gasteiger partial charge on any atom is -0.392 e. The molecule has 16 heavy (non-hydrogen) atoms. The van der Waals surface area contributed by atoms with Crippen LogP contribution in [0.4, 0.5) is 4.39 Å². The highest BCUT2D eigenvalue weighted by Crippen LogP contribution is 2.10. The number of aryl methyl sites for hydroxylation is 1. The molecule has 0 fully saturated rings. The molecule has 0 saturated heterocycles. The smallest absolute Gasteiger partial charge is 0.252 e. The Kier molecular flexibility index (Phi) is 3.95. The van der Waals surface area contributed by atoms with Crippen LogP contribution in [-0.4, -0.2) is 16.9 Å². The van der Waals surface area contributed by atoms with Gasteiger partial charge >= 0.3 is 0 Å². The van der Waals surface area contributed by atoms with Crippen molar-refractivity contribution in [2.75, 3.05) is 0 Å². The fraction of sp³-hybridized carbons (Fsp3) is 0.273. The molecule has 0 saturated carbocycles. The number of hydrogen-bond donors (Lipinski definition) is 2. The van der Waals surface area contributed by atoms with E-state index in [2.05, 4.69) is 5.32 Å². The molecule has 5 heteroatoms. The molecule has 1 unspecified atom stereocenters. The van der Waals surface area contributed by atoms with Crippen LogP contribution in [0.25, 0.3) is 0 Å². The van der Waals surface area contributed by atoms with E-state index in [9.17, 15) is 9.18 Å². The molecular formula is C11H13FN2OS. The van der Waals surface area contributed by atoms with Gasteiger partial charge in [-0.25, -0.2) is 4.39 Å². The fourth-order valence-electron chi connectivity index (χ4n) is 1.18. The van der Waals surface area contributed by atoms with Gasteiger partial charge < -0.3 is 11.1 Å². The molecule has 0 aromatic heterocycles. The topological polar surface area (TPSA) is 55.1 Å². The third-order valence-corrected chi connectivity index (χ3v) is 2.57. The van der Waals surface area contributed by atoms with Gasteiger partial charge in [0.2, 0.25) is 0 Å². The van der Waals surface area contributed by atoms with Gasteiger partial charge in [-0.2, -0.15) is 0 Å². The summed E-state index contributed by atoms with van der Waals surface area (Å²) < 4.78 is 13.0. The quantitative estimate of drug-likeness (QED) is 0.788. The molecular weight excluding hydrogens is 227 g/mol. The van der Waals surface area contributed by atoms with Crippen LogP contribution in [0.2, 0.25) is 0 Å². The second-order valence-corrected chi connectivity index (χ2v) is 4.03. The summed E-state index contributed by atoms with van der Waals surface area (Å²) in [5.41, 5.74) is 6.37. The molecule has 0 radical (unpaired) electrons. The second kappa shape index (κ2) is 5.03. The lowest BCUT2D eigenvalue weighted by Crippen LogP contribution is -2.41. The van der Waals surface area contributed by atoms with Gasteiger partial charge in [0, 0.05) is 5.56 Å². The summed E-state index contributed by atoms with van der Waals surface area (Å²) >= 11 is 4.73. The SMILES string of the molecule is Cc1ccc(F)cc1C(=O)NC(C)C(N)=S. The summed E-state index contributed by atoms with van der Waals surface area (Å²) in [4.78, 5) is 11.9. The van der Waals surface area contributed by atoms with Gasteiger partial charge in [-0.05, 0) is 31.5 Å². The van der Waals surface area contributed by atoms with E-state index in [-0.39, 0.29) is 10.9 Å². The Morgan fingerprint density at radius 1 is 1.56 bits per heavy atom. The van der Waals surface area contributed by atoms with Gasteiger partial charge in [0.25, 0.3) is 5.91 Å². The van der Waals surface area contributed by atoms with Crippen molar-refractivity contribution in [2.45, 2.75) is 19.9 Å². The average Bonchev–Trinajstić information content (AvgIpc) is 2.21. The van der Waals surface area contributed by atoms with Crippen molar-refractivity contribution < 1.29 is 9.18 Å². The number of nitrogens with one attached hydrogen (secondary N) is 1. The predicted octanol–water partition coefficient (Wildman–Crippen LogP) is 1.54. The van der Waals surface area contributed by atoms with Crippen LogP contribution in [0.3, 0.4) is 0 Å². The van der Waals surface area contributed by atoms with Crippen molar-refractivity contribution in [3.8, 4) is 0 Å². The lowest BCUT2D eigenvalue weighted by molar-refractivity contribution is 0.0948. The van der Waals surface area contributed by atoms with Crippen molar-refractivity contribution in [1.29, 1.82) is 0 Å². The van der Waals surface area contributed by atoms with Crippen molar-refractivity contribution in [1.82, 2.24) is 5.32 Å². The van der Waals surface area contributed by atoms with Crippen LogP contribution in [0.1, 0.15) is 22.8 Å². The summed E-state index contributed by atoms with van der Waals surface area (Å²) in [6.07, 6.45) is 0. The number of carbonyl (C=O) groups excluding carboxylic acids is 1. The Hall–Kier alpha value is -1.49. The van der Waals surface area contributed by atoms with E-state index >= 15 is 0 Å². The van der Waals surface area contributed by atoms with Gasteiger partial charge in [0.15, 0.2) is 0 Å². The number of halogens is 1. The van der Waals surface area contributed by atoms with E-state index in [4.69, 9.17) is 18.0 Å². The van der Waals surface area contributed by atoms with E-state index in [1.54, 1.807) is 19.9 Å². The predicted molar refractivity (Wildman–Crippen MR) is 64.9 cm³/mol. The van der Waals surface area contributed by atoms with E-state index < -0.39 is 11.9 Å². The number of rotatable bonds is 3. The minimum atomic E-state index is -0.446. The summed E-state index contributed by atoms with van der Waals surface area (Å²) in [5.74, 6) is -0.823. The Labute approximate surface area is 98.8 Å².